The van der Waals surface area contributed by atoms with Crippen molar-refractivity contribution in [2.75, 3.05) is 0 Å². The lowest BCUT2D eigenvalue weighted by molar-refractivity contribution is -0.234. The fraction of sp³-hybridized carbons (Fsp3) is 0.667. The third-order valence-corrected chi connectivity index (χ3v) is 6.06. The van der Waals surface area contributed by atoms with Crippen LogP contribution in [0.4, 0.5) is 0 Å². The summed E-state index contributed by atoms with van der Waals surface area (Å²) in [5.74, 6) is -0.370. The molecule has 142 valence electrons. The molecular formula is C21H28O5. The standard InChI is InChI=1S/C21H28O5/c1-11(2)8-14(22)18-15(23)9-16-17(19(18)24)12-6-5-7-21(25-16)13(12)10-20(3,4)26-21/h9,11-13,23-24H,5-8,10H2,1-4H3/t12-,13-,21-/m0/s1. The minimum absolute atomic E-state index is 0.0392. The van der Waals surface area contributed by atoms with Crippen molar-refractivity contribution in [1.29, 1.82) is 0 Å². The maximum atomic E-state index is 12.6. The van der Waals surface area contributed by atoms with Gasteiger partial charge in [0.05, 0.1) is 5.60 Å². The third kappa shape index (κ3) is 2.51. The monoisotopic (exact) mass is 360 g/mol. The summed E-state index contributed by atoms with van der Waals surface area (Å²) in [6, 6.07) is 1.49. The summed E-state index contributed by atoms with van der Waals surface area (Å²) in [5.41, 5.74) is 0.428. The summed E-state index contributed by atoms with van der Waals surface area (Å²) in [4.78, 5) is 12.6. The van der Waals surface area contributed by atoms with Gasteiger partial charge in [-0.2, -0.15) is 0 Å². The highest BCUT2D eigenvalue weighted by Gasteiger charge is 2.61. The van der Waals surface area contributed by atoms with Crippen LogP contribution in [-0.2, 0) is 4.74 Å². The van der Waals surface area contributed by atoms with Crippen molar-refractivity contribution in [2.24, 2.45) is 11.8 Å². The van der Waals surface area contributed by atoms with Gasteiger partial charge in [-0.15, -0.1) is 0 Å². The molecule has 0 spiro atoms. The predicted octanol–water partition coefficient (Wildman–Crippen LogP) is 4.50. The number of benzene rings is 1. The highest BCUT2D eigenvalue weighted by molar-refractivity contribution is 6.02. The smallest absolute Gasteiger partial charge is 0.214 e. The van der Waals surface area contributed by atoms with Gasteiger partial charge in [-0.05, 0) is 39.0 Å². The van der Waals surface area contributed by atoms with Gasteiger partial charge in [0, 0.05) is 36.3 Å². The van der Waals surface area contributed by atoms with Crippen LogP contribution >= 0.6 is 0 Å². The van der Waals surface area contributed by atoms with E-state index in [0.29, 0.717) is 11.3 Å². The molecule has 2 bridgehead atoms. The molecule has 2 aliphatic heterocycles. The van der Waals surface area contributed by atoms with Crippen molar-refractivity contribution in [1.82, 2.24) is 0 Å². The first kappa shape index (κ1) is 17.7. The molecule has 0 aromatic heterocycles. The first-order valence-corrected chi connectivity index (χ1v) is 9.65. The summed E-state index contributed by atoms with van der Waals surface area (Å²) in [6.07, 6.45) is 3.83. The van der Waals surface area contributed by atoms with Crippen molar-refractivity contribution in [3.63, 3.8) is 0 Å². The van der Waals surface area contributed by atoms with Gasteiger partial charge in [0.1, 0.15) is 22.8 Å². The number of hydrogen-bond donors (Lipinski definition) is 2. The fourth-order valence-corrected chi connectivity index (χ4v) is 5.24. The molecule has 1 saturated carbocycles. The quantitative estimate of drug-likeness (QED) is 0.776. The second kappa shape index (κ2) is 5.62. The molecule has 1 saturated heterocycles. The van der Waals surface area contributed by atoms with E-state index >= 15 is 0 Å². The van der Waals surface area contributed by atoms with Gasteiger partial charge >= 0.3 is 0 Å². The Morgan fingerprint density at radius 1 is 1.35 bits per heavy atom. The number of phenolic OH excluding ortho intramolecular Hbond substituents is 2. The number of carbonyl (C=O) groups excluding carboxylic acids is 1. The van der Waals surface area contributed by atoms with E-state index in [-0.39, 0.29) is 52.6 Å². The lowest BCUT2D eigenvalue weighted by Gasteiger charge is -2.47. The molecule has 5 heteroatoms. The first-order chi connectivity index (χ1) is 12.1. The zero-order valence-electron chi connectivity index (χ0n) is 16.0. The van der Waals surface area contributed by atoms with Crippen LogP contribution in [0.3, 0.4) is 0 Å². The van der Waals surface area contributed by atoms with Gasteiger partial charge in [0.2, 0.25) is 5.79 Å². The molecule has 2 fully saturated rings. The number of Topliss-reactive ketones (excluding diaryl/α,β-unsaturated/α-hetero) is 1. The minimum atomic E-state index is -0.679. The highest BCUT2D eigenvalue weighted by Crippen LogP contribution is 2.62. The first-order valence-electron chi connectivity index (χ1n) is 9.65. The Morgan fingerprint density at radius 2 is 2.08 bits per heavy atom. The molecule has 5 nitrogen and oxygen atoms in total. The van der Waals surface area contributed by atoms with E-state index < -0.39 is 5.79 Å². The van der Waals surface area contributed by atoms with E-state index in [1.807, 2.05) is 13.8 Å². The van der Waals surface area contributed by atoms with Crippen LogP contribution in [0.25, 0.3) is 0 Å². The lowest BCUT2D eigenvalue weighted by Crippen LogP contribution is -2.50. The SMILES string of the molecule is CC(C)CC(=O)c1c(O)cc2c(c1O)[C@H]1CCC[C@]3(O2)OC(C)(C)C[C@@H]13. The van der Waals surface area contributed by atoms with Crippen LogP contribution in [0.2, 0.25) is 0 Å². The second-order valence-corrected chi connectivity index (χ2v) is 9.14. The van der Waals surface area contributed by atoms with Crippen molar-refractivity contribution in [3.8, 4) is 17.2 Å². The Balaban J connectivity index is 1.83. The number of carbonyl (C=O) groups is 1. The molecule has 3 aliphatic rings. The zero-order chi connectivity index (χ0) is 18.9. The normalized spacial score (nSPS) is 31.3. The van der Waals surface area contributed by atoms with Crippen LogP contribution in [0.1, 0.15) is 81.6 Å². The second-order valence-electron chi connectivity index (χ2n) is 9.14. The number of phenols is 2. The largest absolute Gasteiger partial charge is 0.507 e. The molecule has 1 aromatic rings. The number of hydrogen-bond acceptors (Lipinski definition) is 5. The van der Waals surface area contributed by atoms with Gasteiger partial charge in [0.25, 0.3) is 0 Å². The molecule has 3 atom stereocenters. The van der Waals surface area contributed by atoms with Crippen molar-refractivity contribution < 1.29 is 24.5 Å². The number of ketones is 1. The molecule has 1 aromatic carbocycles. The average Bonchev–Trinajstić information content (AvgIpc) is 2.76. The van der Waals surface area contributed by atoms with Crippen LogP contribution in [0.15, 0.2) is 6.07 Å². The molecule has 0 amide bonds. The predicted molar refractivity (Wildman–Crippen MR) is 96.8 cm³/mol. The number of aromatic hydroxyl groups is 2. The number of ether oxygens (including phenoxy) is 2. The molecule has 2 heterocycles. The van der Waals surface area contributed by atoms with Crippen molar-refractivity contribution in [3.05, 3.63) is 17.2 Å². The highest BCUT2D eigenvalue weighted by atomic mass is 16.7. The maximum absolute atomic E-state index is 12.6. The summed E-state index contributed by atoms with van der Waals surface area (Å²) in [7, 11) is 0. The van der Waals surface area contributed by atoms with Crippen molar-refractivity contribution in [2.45, 2.75) is 77.1 Å². The van der Waals surface area contributed by atoms with E-state index in [2.05, 4.69) is 13.8 Å². The summed E-state index contributed by atoms with van der Waals surface area (Å²) in [6.45, 7) is 8.03. The number of fused-ring (bicyclic) bond motifs is 2. The van der Waals surface area contributed by atoms with Gasteiger partial charge in [-0.3, -0.25) is 4.79 Å². The van der Waals surface area contributed by atoms with Crippen LogP contribution < -0.4 is 4.74 Å². The van der Waals surface area contributed by atoms with Crippen LogP contribution in [0.5, 0.6) is 17.2 Å². The van der Waals surface area contributed by atoms with E-state index in [0.717, 1.165) is 25.7 Å². The van der Waals surface area contributed by atoms with Crippen LogP contribution in [0, 0.1) is 11.8 Å². The third-order valence-electron chi connectivity index (χ3n) is 6.06. The Bertz CT molecular complexity index is 766. The van der Waals surface area contributed by atoms with Crippen LogP contribution in [-0.4, -0.2) is 27.4 Å². The van der Waals surface area contributed by atoms with E-state index in [1.165, 1.54) is 6.07 Å². The van der Waals surface area contributed by atoms with Gasteiger partial charge in [-0.1, -0.05) is 13.8 Å². The molecule has 4 rings (SSSR count). The molecule has 0 radical (unpaired) electrons. The van der Waals surface area contributed by atoms with E-state index in [1.54, 1.807) is 0 Å². The van der Waals surface area contributed by atoms with Gasteiger partial charge in [-0.25, -0.2) is 0 Å². The fourth-order valence-electron chi connectivity index (χ4n) is 5.24. The molecular weight excluding hydrogens is 332 g/mol. The zero-order valence-corrected chi connectivity index (χ0v) is 16.0. The Hall–Kier alpha value is -1.75. The maximum Gasteiger partial charge on any atom is 0.214 e. The molecule has 0 unspecified atom stereocenters. The van der Waals surface area contributed by atoms with Gasteiger partial charge < -0.3 is 19.7 Å². The lowest BCUT2D eigenvalue weighted by atomic mass is 9.68. The van der Waals surface area contributed by atoms with Gasteiger partial charge in [0.15, 0.2) is 5.78 Å². The summed E-state index contributed by atoms with van der Waals surface area (Å²) < 4.78 is 12.6. The Labute approximate surface area is 154 Å². The van der Waals surface area contributed by atoms with E-state index in [4.69, 9.17) is 9.47 Å². The summed E-state index contributed by atoms with van der Waals surface area (Å²) >= 11 is 0. The number of rotatable bonds is 3. The van der Waals surface area contributed by atoms with Crippen molar-refractivity contribution >= 4 is 5.78 Å². The Morgan fingerprint density at radius 3 is 2.77 bits per heavy atom. The molecule has 1 aliphatic carbocycles. The summed E-state index contributed by atoms with van der Waals surface area (Å²) in [5, 5.41) is 21.4. The topological polar surface area (TPSA) is 76.0 Å². The Kier molecular flexibility index (Phi) is 3.82. The molecule has 2 N–H and O–H groups in total. The minimum Gasteiger partial charge on any atom is -0.507 e. The van der Waals surface area contributed by atoms with E-state index in [9.17, 15) is 15.0 Å². The molecule has 26 heavy (non-hydrogen) atoms. The average molecular weight is 360 g/mol.